The van der Waals surface area contributed by atoms with Crippen molar-refractivity contribution in [2.24, 2.45) is 4.99 Å². The highest BCUT2D eigenvalue weighted by molar-refractivity contribution is 7.88. The van der Waals surface area contributed by atoms with Crippen LogP contribution in [-0.4, -0.2) is 49.7 Å². The minimum atomic E-state index is -3.29. The second-order valence-electron chi connectivity index (χ2n) is 7.01. The summed E-state index contributed by atoms with van der Waals surface area (Å²) >= 11 is 0. The van der Waals surface area contributed by atoms with Gasteiger partial charge in [-0.25, -0.2) is 13.1 Å². The molecule has 0 saturated heterocycles. The molecule has 0 heterocycles. The minimum absolute atomic E-state index is 0.0393. The standard InChI is InChI=1S/C19H32N4O3S2/c1-4-27(24)18-10-6-9-17(12-18)23-19(20-2)22-13-15-7-5-8-16(11-15)14-28(25,26)21-3/h5,7-8,11,17-18,21H,4,6,9-10,12-14H2,1-3H3,(H2,20,22,23). The van der Waals surface area contributed by atoms with E-state index in [1.807, 2.05) is 31.2 Å². The summed E-state index contributed by atoms with van der Waals surface area (Å²) in [5.41, 5.74) is 1.73. The zero-order chi connectivity index (χ0) is 20.6. The van der Waals surface area contributed by atoms with Crippen LogP contribution in [0, 0.1) is 0 Å². The second kappa shape index (κ2) is 10.9. The molecule has 3 atom stereocenters. The predicted octanol–water partition coefficient (Wildman–Crippen LogP) is 1.48. The van der Waals surface area contributed by atoms with Crippen LogP contribution in [0.2, 0.25) is 0 Å². The van der Waals surface area contributed by atoms with Crippen LogP contribution in [-0.2, 0) is 33.1 Å². The molecule has 9 heteroatoms. The number of hydrogen-bond donors (Lipinski definition) is 3. The smallest absolute Gasteiger partial charge is 0.215 e. The first-order chi connectivity index (χ1) is 13.4. The van der Waals surface area contributed by atoms with Gasteiger partial charge in [0, 0.05) is 41.4 Å². The maximum absolute atomic E-state index is 12.1. The van der Waals surface area contributed by atoms with Crippen LogP contribution in [0.4, 0.5) is 0 Å². The molecule has 28 heavy (non-hydrogen) atoms. The Kier molecular flexibility index (Phi) is 8.91. The van der Waals surface area contributed by atoms with Crippen LogP contribution in [0.15, 0.2) is 29.3 Å². The molecule has 1 fully saturated rings. The van der Waals surface area contributed by atoms with E-state index in [1.165, 1.54) is 7.05 Å². The highest BCUT2D eigenvalue weighted by Crippen LogP contribution is 2.23. The maximum atomic E-state index is 12.1. The van der Waals surface area contributed by atoms with Crippen molar-refractivity contribution in [2.45, 2.75) is 56.2 Å². The Labute approximate surface area is 171 Å². The SMILES string of the molecule is CCS(=O)C1CCCC(NC(=NC)NCc2cccc(CS(=O)(=O)NC)c2)C1. The topological polar surface area (TPSA) is 99.7 Å². The molecule has 2 rings (SSSR count). The highest BCUT2D eigenvalue weighted by Gasteiger charge is 2.26. The lowest BCUT2D eigenvalue weighted by molar-refractivity contribution is 0.413. The Bertz CT molecular complexity index is 796. The Hall–Kier alpha value is -1.45. The first-order valence-corrected chi connectivity index (χ1v) is 12.7. The average Bonchev–Trinajstić information content (AvgIpc) is 2.70. The molecule has 1 aromatic rings. The molecular formula is C19H32N4O3S2. The van der Waals surface area contributed by atoms with Gasteiger partial charge in [-0.1, -0.05) is 37.6 Å². The van der Waals surface area contributed by atoms with Crippen LogP contribution in [0.25, 0.3) is 0 Å². The van der Waals surface area contributed by atoms with Gasteiger partial charge in [0.1, 0.15) is 0 Å². The lowest BCUT2D eigenvalue weighted by Gasteiger charge is -2.30. The number of benzene rings is 1. The van der Waals surface area contributed by atoms with Crippen LogP contribution in [0.5, 0.6) is 0 Å². The van der Waals surface area contributed by atoms with E-state index in [0.717, 1.165) is 36.8 Å². The molecule has 1 saturated carbocycles. The maximum Gasteiger partial charge on any atom is 0.215 e. The fourth-order valence-electron chi connectivity index (χ4n) is 3.45. The molecule has 0 bridgehead atoms. The Morgan fingerprint density at radius 2 is 2.04 bits per heavy atom. The van der Waals surface area contributed by atoms with Gasteiger partial charge in [0.25, 0.3) is 0 Å². The van der Waals surface area contributed by atoms with E-state index in [4.69, 9.17) is 0 Å². The molecular weight excluding hydrogens is 396 g/mol. The number of rotatable bonds is 8. The Morgan fingerprint density at radius 3 is 2.71 bits per heavy atom. The number of guanidine groups is 1. The molecule has 0 radical (unpaired) electrons. The molecule has 0 aliphatic heterocycles. The summed E-state index contributed by atoms with van der Waals surface area (Å²) in [6.07, 6.45) is 4.06. The summed E-state index contributed by atoms with van der Waals surface area (Å²) in [5, 5.41) is 7.00. The lowest BCUT2D eigenvalue weighted by Crippen LogP contribution is -2.46. The summed E-state index contributed by atoms with van der Waals surface area (Å²) in [4.78, 5) is 4.30. The van der Waals surface area contributed by atoms with Crippen LogP contribution >= 0.6 is 0 Å². The summed E-state index contributed by atoms with van der Waals surface area (Å²) in [6, 6.07) is 7.78. The number of nitrogens with zero attached hydrogens (tertiary/aromatic N) is 1. The third-order valence-corrected chi connectivity index (χ3v) is 8.04. The van der Waals surface area contributed by atoms with E-state index in [0.29, 0.717) is 18.3 Å². The van der Waals surface area contributed by atoms with Gasteiger partial charge in [-0.2, -0.15) is 0 Å². The van der Waals surface area contributed by atoms with Gasteiger partial charge in [-0.05, 0) is 37.4 Å². The van der Waals surface area contributed by atoms with Gasteiger partial charge in [0.05, 0.1) is 5.75 Å². The van der Waals surface area contributed by atoms with E-state index in [-0.39, 0.29) is 17.0 Å². The third-order valence-electron chi connectivity index (χ3n) is 4.97. The monoisotopic (exact) mass is 428 g/mol. The highest BCUT2D eigenvalue weighted by atomic mass is 32.2. The fourth-order valence-corrected chi connectivity index (χ4v) is 5.56. The third kappa shape index (κ3) is 7.18. The summed E-state index contributed by atoms with van der Waals surface area (Å²) in [7, 11) is -0.890. The van der Waals surface area contributed by atoms with Crippen molar-refractivity contribution in [2.75, 3.05) is 19.8 Å². The van der Waals surface area contributed by atoms with Crippen molar-refractivity contribution in [1.82, 2.24) is 15.4 Å². The molecule has 0 spiro atoms. The minimum Gasteiger partial charge on any atom is -0.354 e. The van der Waals surface area contributed by atoms with Gasteiger partial charge in [0.2, 0.25) is 10.0 Å². The fraction of sp³-hybridized carbons (Fsp3) is 0.632. The lowest BCUT2D eigenvalue weighted by atomic mass is 9.95. The summed E-state index contributed by atoms with van der Waals surface area (Å²) in [6.45, 7) is 2.52. The van der Waals surface area contributed by atoms with E-state index in [1.54, 1.807) is 7.05 Å². The van der Waals surface area contributed by atoms with Crippen molar-refractivity contribution in [3.8, 4) is 0 Å². The Morgan fingerprint density at radius 1 is 1.29 bits per heavy atom. The quantitative estimate of drug-likeness (QED) is 0.430. The van der Waals surface area contributed by atoms with Crippen molar-refractivity contribution in [1.29, 1.82) is 0 Å². The first-order valence-electron chi connectivity index (χ1n) is 9.70. The number of aliphatic imine (C=N–C) groups is 1. The van der Waals surface area contributed by atoms with Crippen LogP contribution < -0.4 is 15.4 Å². The van der Waals surface area contributed by atoms with Gasteiger partial charge >= 0.3 is 0 Å². The van der Waals surface area contributed by atoms with Crippen LogP contribution in [0.1, 0.15) is 43.7 Å². The molecule has 1 aliphatic rings. The summed E-state index contributed by atoms with van der Waals surface area (Å²) in [5.74, 6) is 1.38. The van der Waals surface area contributed by atoms with E-state index >= 15 is 0 Å². The summed E-state index contributed by atoms with van der Waals surface area (Å²) < 4.78 is 37.9. The largest absolute Gasteiger partial charge is 0.354 e. The van der Waals surface area contributed by atoms with E-state index in [9.17, 15) is 12.6 Å². The zero-order valence-electron chi connectivity index (χ0n) is 16.9. The van der Waals surface area contributed by atoms with Crippen molar-refractivity contribution in [3.63, 3.8) is 0 Å². The average molecular weight is 429 g/mol. The predicted molar refractivity (Wildman–Crippen MR) is 116 cm³/mol. The zero-order valence-corrected chi connectivity index (χ0v) is 18.5. The van der Waals surface area contributed by atoms with Crippen LogP contribution in [0.3, 0.4) is 0 Å². The van der Waals surface area contributed by atoms with Crippen molar-refractivity contribution < 1.29 is 12.6 Å². The number of nitrogens with one attached hydrogen (secondary N) is 3. The van der Waals surface area contributed by atoms with Gasteiger partial charge in [-0.15, -0.1) is 0 Å². The van der Waals surface area contributed by atoms with Crippen molar-refractivity contribution >= 4 is 26.8 Å². The molecule has 0 amide bonds. The van der Waals surface area contributed by atoms with Crippen molar-refractivity contribution in [3.05, 3.63) is 35.4 Å². The van der Waals surface area contributed by atoms with Gasteiger partial charge in [0.15, 0.2) is 5.96 Å². The van der Waals surface area contributed by atoms with E-state index < -0.39 is 20.8 Å². The second-order valence-corrected chi connectivity index (χ2v) is 10.9. The molecule has 1 aliphatic carbocycles. The van der Waals surface area contributed by atoms with Gasteiger partial charge in [-0.3, -0.25) is 9.20 Å². The van der Waals surface area contributed by atoms with E-state index in [2.05, 4.69) is 20.3 Å². The Balaban J connectivity index is 1.91. The molecule has 3 unspecified atom stereocenters. The molecule has 158 valence electrons. The molecule has 1 aromatic carbocycles. The molecule has 0 aromatic heterocycles. The number of sulfonamides is 1. The van der Waals surface area contributed by atoms with Gasteiger partial charge < -0.3 is 10.6 Å². The molecule has 7 nitrogen and oxygen atoms in total. The molecule has 3 N–H and O–H groups in total. The first kappa shape index (κ1) is 22.8. The normalized spacial score (nSPS) is 21.9. The number of hydrogen-bond acceptors (Lipinski definition) is 4.